The van der Waals surface area contributed by atoms with Gasteiger partial charge in [0, 0.05) is 6.42 Å². The highest BCUT2D eigenvalue weighted by Crippen LogP contribution is 2.17. The smallest absolute Gasteiger partial charge is 0.166 e. The molecular formula is C10H9F2NO. The third kappa shape index (κ3) is 2.70. The molecule has 0 spiro atoms. The zero-order valence-electron chi connectivity index (χ0n) is 7.46. The second kappa shape index (κ2) is 5.18. The summed E-state index contributed by atoms with van der Waals surface area (Å²) in [7, 11) is 0. The van der Waals surface area contributed by atoms with E-state index >= 15 is 0 Å². The van der Waals surface area contributed by atoms with Gasteiger partial charge in [-0.2, -0.15) is 5.26 Å². The molecule has 0 aliphatic heterocycles. The molecule has 0 aliphatic carbocycles. The lowest BCUT2D eigenvalue weighted by molar-refractivity contribution is 0.277. The number of halogens is 2. The van der Waals surface area contributed by atoms with E-state index < -0.39 is 12.5 Å². The van der Waals surface area contributed by atoms with Crippen LogP contribution in [0.3, 0.4) is 0 Å². The van der Waals surface area contributed by atoms with Crippen LogP contribution in [-0.2, 0) is 0 Å². The van der Waals surface area contributed by atoms with Gasteiger partial charge in [-0.3, -0.25) is 4.39 Å². The van der Waals surface area contributed by atoms with Crippen molar-refractivity contribution in [2.24, 2.45) is 0 Å². The average molecular weight is 197 g/mol. The molecule has 0 saturated carbocycles. The Balaban J connectivity index is 2.65. The Morgan fingerprint density at radius 1 is 1.43 bits per heavy atom. The molecule has 4 heteroatoms. The van der Waals surface area contributed by atoms with E-state index in [2.05, 4.69) is 0 Å². The highest BCUT2D eigenvalue weighted by molar-refractivity contribution is 5.35. The molecule has 1 aromatic carbocycles. The van der Waals surface area contributed by atoms with Crippen LogP contribution >= 0.6 is 0 Å². The first-order valence-corrected chi connectivity index (χ1v) is 4.16. The first-order chi connectivity index (χ1) is 6.77. The van der Waals surface area contributed by atoms with Crippen molar-refractivity contribution < 1.29 is 13.5 Å². The van der Waals surface area contributed by atoms with Crippen LogP contribution < -0.4 is 4.74 Å². The zero-order chi connectivity index (χ0) is 10.4. The summed E-state index contributed by atoms with van der Waals surface area (Å²) in [5.74, 6) is -0.541. The summed E-state index contributed by atoms with van der Waals surface area (Å²) in [6.45, 7) is -0.350. The summed E-state index contributed by atoms with van der Waals surface area (Å²) >= 11 is 0. The highest BCUT2D eigenvalue weighted by Gasteiger charge is 2.03. The van der Waals surface area contributed by atoms with E-state index in [9.17, 15) is 8.78 Å². The van der Waals surface area contributed by atoms with Crippen molar-refractivity contribution in [2.45, 2.75) is 6.42 Å². The molecule has 0 atom stereocenters. The van der Waals surface area contributed by atoms with Crippen LogP contribution in [0.4, 0.5) is 8.78 Å². The molecule has 0 saturated heterocycles. The third-order valence-corrected chi connectivity index (χ3v) is 1.60. The summed E-state index contributed by atoms with van der Waals surface area (Å²) in [6.07, 6.45) is 0.236. The fourth-order valence-electron chi connectivity index (χ4n) is 0.924. The van der Waals surface area contributed by atoms with Crippen molar-refractivity contribution in [3.8, 4) is 11.8 Å². The Hall–Kier alpha value is -1.63. The number of nitriles is 1. The number of hydrogen-bond acceptors (Lipinski definition) is 2. The monoisotopic (exact) mass is 197 g/mol. The Bertz CT molecular complexity index is 346. The molecular weight excluding hydrogens is 188 g/mol. The largest absolute Gasteiger partial charge is 0.490 e. The SMILES string of the molecule is N#Cc1ccc(OCCCF)c(F)c1. The quantitative estimate of drug-likeness (QED) is 0.694. The van der Waals surface area contributed by atoms with E-state index in [0.29, 0.717) is 0 Å². The van der Waals surface area contributed by atoms with Gasteiger partial charge in [0.1, 0.15) is 0 Å². The van der Waals surface area contributed by atoms with E-state index in [0.717, 1.165) is 6.07 Å². The minimum atomic E-state index is -0.595. The fourth-order valence-corrected chi connectivity index (χ4v) is 0.924. The van der Waals surface area contributed by atoms with Gasteiger partial charge in [0.2, 0.25) is 0 Å². The van der Waals surface area contributed by atoms with Crippen LogP contribution in [0.5, 0.6) is 5.75 Å². The standard InChI is InChI=1S/C10H9F2NO/c11-4-1-5-14-10-3-2-8(7-13)6-9(10)12/h2-3,6H,1,4-5H2. The second-order valence-electron chi connectivity index (χ2n) is 2.65. The van der Waals surface area contributed by atoms with Crippen LogP contribution in [-0.4, -0.2) is 13.3 Å². The third-order valence-electron chi connectivity index (χ3n) is 1.60. The molecule has 1 aromatic rings. The molecule has 1 rings (SSSR count). The number of nitrogens with zero attached hydrogens (tertiary/aromatic N) is 1. The lowest BCUT2D eigenvalue weighted by atomic mass is 10.2. The van der Waals surface area contributed by atoms with Crippen molar-refractivity contribution in [1.29, 1.82) is 5.26 Å². The maximum absolute atomic E-state index is 13.1. The van der Waals surface area contributed by atoms with E-state index in [1.165, 1.54) is 12.1 Å². The van der Waals surface area contributed by atoms with Gasteiger partial charge < -0.3 is 4.74 Å². The van der Waals surface area contributed by atoms with Gasteiger partial charge in [-0.15, -0.1) is 0 Å². The van der Waals surface area contributed by atoms with Gasteiger partial charge in [0.25, 0.3) is 0 Å². The highest BCUT2D eigenvalue weighted by atomic mass is 19.1. The van der Waals surface area contributed by atoms with Crippen LogP contribution in [0.2, 0.25) is 0 Å². The van der Waals surface area contributed by atoms with Crippen molar-refractivity contribution in [3.05, 3.63) is 29.6 Å². The molecule has 0 radical (unpaired) electrons. The molecule has 0 aliphatic rings. The molecule has 0 bridgehead atoms. The van der Waals surface area contributed by atoms with E-state index in [4.69, 9.17) is 10.00 Å². The second-order valence-corrected chi connectivity index (χ2v) is 2.65. The number of rotatable bonds is 4. The van der Waals surface area contributed by atoms with Gasteiger partial charge in [-0.05, 0) is 18.2 Å². The molecule has 0 N–H and O–H groups in total. The normalized spacial score (nSPS) is 9.50. The molecule has 14 heavy (non-hydrogen) atoms. The van der Waals surface area contributed by atoms with Crippen molar-refractivity contribution in [3.63, 3.8) is 0 Å². The van der Waals surface area contributed by atoms with Gasteiger partial charge in [0.15, 0.2) is 11.6 Å². The van der Waals surface area contributed by atoms with Gasteiger partial charge in [-0.1, -0.05) is 0 Å². The summed E-state index contributed by atoms with van der Waals surface area (Å²) in [4.78, 5) is 0. The average Bonchev–Trinajstić information content (AvgIpc) is 2.20. The Morgan fingerprint density at radius 3 is 2.79 bits per heavy atom. The minimum absolute atomic E-state index is 0.0532. The summed E-state index contributed by atoms with van der Waals surface area (Å²) in [5, 5.41) is 8.46. The summed E-state index contributed by atoms with van der Waals surface area (Å²) in [6, 6.07) is 5.71. The lowest BCUT2D eigenvalue weighted by Crippen LogP contribution is -2.00. The lowest BCUT2D eigenvalue weighted by Gasteiger charge is -2.05. The van der Waals surface area contributed by atoms with Crippen LogP contribution in [0.15, 0.2) is 18.2 Å². The zero-order valence-corrected chi connectivity index (χ0v) is 7.46. The Morgan fingerprint density at radius 2 is 2.21 bits per heavy atom. The minimum Gasteiger partial charge on any atom is -0.490 e. The number of alkyl halides is 1. The fraction of sp³-hybridized carbons (Fsp3) is 0.300. The van der Waals surface area contributed by atoms with Crippen molar-refractivity contribution in [2.75, 3.05) is 13.3 Å². The molecule has 0 aromatic heterocycles. The first kappa shape index (κ1) is 10.5. The molecule has 2 nitrogen and oxygen atoms in total. The molecule has 74 valence electrons. The predicted octanol–water partition coefficient (Wildman–Crippen LogP) is 2.44. The van der Waals surface area contributed by atoms with Crippen molar-refractivity contribution in [1.82, 2.24) is 0 Å². The molecule has 0 unspecified atom stereocenters. The van der Waals surface area contributed by atoms with Gasteiger partial charge in [0.05, 0.1) is 24.9 Å². The molecule has 0 heterocycles. The molecule has 0 amide bonds. The van der Waals surface area contributed by atoms with Gasteiger partial charge in [-0.25, -0.2) is 4.39 Å². The van der Waals surface area contributed by atoms with E-state index in [-0.39, 0.29) is 24.3 Å². The van der Waals surface area contributed by atoms with Crippen LogP contribution in [0, 0.1) is 17.1 Å². The van der Waals surface area contributed by atoms with Gasteiger partial charge >= 0.3 is 0 Å². The predicted molar refractivity (Wildman–Crippen MR) is 47.2 cm³/mol. The van der Waals surface area contributed by atoms with Crippen LogP contribution in [0.25, 0.3) is 0 Å². The van der Waals surface area contributed by atoms with E-state index in [1.54, 1.807) is 6.07 Å². The topological polar surface area (TPSA) is 33.0 Å². The Kier molecular flexibility index (Phi) is 3.86. The van der Waals surface area contributed by atoms with Crippen molar-refractivity contribution >= 4 is 0 Å². The van der Waals surface area contributed by atoms with E-state index in [1.807, 2.05) is 0 Å². The summed E-state index contributed by atoms with van der Waals surface area (Å²) in [5.41, 5.74) is 0.236. The Labute approximate surface area is 80.7 Å². The van der Waals surface area contributed by atoms with Crippen LogP contribution in [0.1, 0.15) is 12.0 Å². The number of benzene rings is 1. The maximum Gasteiger partial charge on any atom is 0.166 e. The maximum atomic E-state index is 13.1. The molecule has 0 fully saturated rings. The first-order valence-electron chi connectivity index (χ1n) is 4.16. The number of hydrogen-bond donors (Lipinski definition) is 0. The summed E-state index contributed by atoms with van der Waals surface area (Å²) < 4.78 is 29.7. The number of ether oxygens (including phenoxy) is 1.